The molecule has 1 heterocycles. The maximum Gasteiger partial charge on any atom is 0.261 e. The molecule has 3 aromatic carbocycles. The van der Waals surface area contributed by atoms with Gasteiger partial charge in [0.05, 0.1) is 16.0 Å². The van der Waals surface area contributed by atoms with Crippen LogP contribution in [-0.2, 0) is 20.0 Å². The van der Waals surface area contributed by atoms with Gasteiger partial charge in [0.15, 0.2) is 5.76 Å². The highest BCUT2D eigenvalue weighted by molar-refractivity contribution is 7.92. The molecule has 0 saturated carbocycles. The highest BCUT2D eigenvalue weighted by atomic mass is 32.2. The van der Waals surface area contributed by atoms with Gasteiger partial charge in [-0.05, 0) is 48.5 Å². The number of hydrogen-bond donors (Lipinski definition) is 2. The Hall–Kier alpha value is -3.47. The Morgan fingerprint density at radius 3 is 2.00 bits per heavy atom. The van der Waals surface area contributed by atoms with Crippen molar-refractivity contribution in [3.63, 3.8) is 0 Å². The summed E-state index contributed by atoms with van der Waals surface area (Å²) in [6.45, 7) is 1.93. The molecule has 0 amide bonds. The standard InChI is InChI=1S/C23H21N3O5S2/c1-2-25-32(27,28)20-14-10-19(11-15-20)26-33(29,30)21-12-8-18(9-13-21)23-24-16-22(31-23)17-6-4-3-5-7-17/h3-16,25-26H,2H2,1H3. The molecule has 0 aliphatic rings. The lowest BCUT2D eigenvalue weighted by atomic mass is 10.2. The molecule has 0 radical (unpaired) electrons. The lowest BCUT2D eigenvalue weighted by Gasteiger charge is -2.10. The maximum atomic E-state index is 12.7. The van der Waals surface area contributed by atoms with Crippen molar-refractivity contribution in [2.45, 2.75) is 16.7 Å². The fourth-order valence-corrected chi connectivity index (χ4v) is 5.21. The Balaban J connectivity index is 1.50. The summed E-state index contributed by atoms with van der Waals surface area (Å²) in [6.07, 6.45) is 1.62. The number of hydrogen-bond acceptors (Lipinski definition) is 6. The van der Waals surface area contributed by atoms with Gasteiger partial charge < -0.3 is 4.42 Å². The number of rotatable bonds is 8. The fraction of sp³-hybridized carbons (Fsp3) is 0.0870. The molecule has 4 aromatic rings. The molecule has 0 aliphatic heterocycles. The minimum Gasteiger partial charge on any atom is -0.436 e. The first-order chi connectivity index (χ1) is 15.8. The summed E-state index contributed by atoms with van der Waals surface area (Å²) in [4.78, 5) is 4.38. The Kier molecular flexibility index (Phi) is 6.32. The molecule has 0 spiro atoms. The van der Waals surface area contributed by atoms with E-state index in [9.17, 15) is 16.8 Å². The van der Waals surface area contributed by atoms with Crippen molar-refractivity contribution < 1.29 is 21.3 Å². The second-order valence-electron chi connectivity index (χ2n) is 7.05. The minimum atomic E-state index is -3.87. The SMILES string of the molecule is CCNS(=O)(=O)c1ccc(NS(=O)(=O)c2ccc(-c3ncc(-c4ccccc4)o3)cc2)cc1. The third-order valence-electron chi connectivity index (χ3n) is 4.73. The molecule has 2 N–H and O–H groups in total. The van der Waals surface area contributed by atoms with E-state index in [-0.39, 0.29) is 22.0 Å². The molecule has 1 aromatic heterocycles. The summed E-state index contributed by atoms with van der Waals surface area (Å²) in [5, 5.41) is 0. The van der Waals surface area contributed by atoms with Crippen molar-refractivity contribution in [3.05, 3.63) is 85.1 Å². The van der Waals surface area contributed by atoms with Gasteiger partial charge in [-0.3, -0.25) is 4.72 Å². The number of nitrogens with zero attached hydrogens (tertiary/aromatic N) is 1. The number of oxazole rings is 1. The number of benzene rings is 3. The van der Waals surface area contributed by atoms with Crippen molar-refractivity contribution in [1.82, 2.24) is 9.71 Å². The Labute approximate surface area is 192 Å². The first-order valence-corrected chi connectivity index (χ1v) is 13.0. The van der Waals surface area contributed by atoms with Crippen LogP contribution in [0.4, 0.5) is 5.69 Å². The second-order valence-corrected chi connectivity index (χ2v) is 10.5. The van der Waals surface area contributed by atoms with Crippen molar-refractivity contribution in [1.29, 1.82) is 0 Å². The molecular formula is C23H21N3O5S2. The lowest BCUT2D eigenvalue weighted by Crippen LogP contribution is -2.23. The van der Waals surface area contributed by atoms with Crippen LogP contribution in [0.25, 0.3) is 22.8 Å². The third-order valence-corrected chi connectivity index (χ3v) is 7.69. The van der Waals surface area contributed by atoms with Crippen LogP contribution in [0.5, 0.6) is 0 Å². The molecule has 8 nitrogen and oxygen atoms in total. The van der Waals surface area contributed by atoms with Gasteiger partial charge in [0.2, 0.25) is 15.9 Å². The van der Waals surface area contributed by atoms with Gasteiger partial charge in [-0.15, -0.1) is 0 Å². The number of nitrogens with one attached hydrogen (secondary N) is 2. The van der Waals surface area contributed by atoms with E-state index < -0.39 is 20.0 Å². The summed E-state index contributed by atoms with van der Waals surface area (Å²) in [6, 6.07) is 21.1. The number of sulfonamides is 2. The van der Waals surface area contributed by atoms with E-state index in [0.717, 1.165) is 5.56 Å². The zero-order valence-corrected chi connectivity index (χ0v) is 19.2. The predicted molar refractivity (Wildman–Crippen MR) is 125 cm³/mol. The molecule has 0 fully saturated rings. The maximum absolute atomic E-state index is 12.7. The minimum absolute atomic E-state index is 0.0467. The normalized spacial score (nSPS) is 11.9. The van der Waals surface area contributed by atoms with Gasteiger partial charge in [-0.1, -0.05) is 37.3 Å². The molecule has 4 rings (SSSR count). The average molecular weight is 484 g/mol. The second kappa shape index (κ2) is 9.18. The Bertz CT molecular complexity index is 1450. The van der Waals surface area contributed by atoms with E-state index in [1.807, 2.05) is 30.3 Å². The van der Waals surface area contributed by atoms with Gasteiger partial charge in [0.1, 0.15) is 0 Å². The quantitative estimate of drug-likeness (QED) is 0.389. The topological polar surface area (TPSA) is 118 Å². The van der Waals surface area contributed by atoms with E-state index >= 15 is 0 Å². The Morgan fingerprint density at radius 1 is 0.758 bits per heavy atom. The van der Waals surface area contributed by atoms with Crippen LogP contribution < -0.4 is 9.44 Å². The predicted octanol–water partition coefficient (Wildman–Crippen LogP) is 4.11. The van der Waals surface area contributed by atoms with E-state index in [2.05, 4.69) is 14.4 Å². The number of anilines is 1. The molecule has 0 aliphatic carbocycles. The van der Waals surface area contributed by atoms with Gasteiger partial charge in [-0.25, -0.2) is 26.5 Å². The molecule has 0 atom stereocenters. The van der Waals surface area contributed by atoms with Crippen LogP contribution in [0.1, 0.15) is 6.92 Å². The first kappa shape index (κ1) is 22.7. The highest BCUT2D eigenvalue weighted by Gasteiger charge is 2.17. The third kappa shape index (κ3) is 5.14. The van der Waals surface area contributed by atoms with Crippen LogP contribution in [0.2, 0.25) is 0 Å². The monoisotopic (exact) mass is 483 g/mol. The van der Waals surface area contributed by atoms with Gasteiger partial charge >= 0.3 is 0 Å². The van der Waals surface area contributed by atoms with Crippen LogP contribution >= 0.6 is 0 Å². The molecule has 0 saturated heterocycles. The van der Waals surface area contributed by atoms with Gasteiger partial charge in [0.25, 0.3) is 10.0 Å². The smallest absolute Gasteiger partial charge is 0.261 e. The molecule has 33 heavy (non-hydrogen) atoms. The zero-order valence-electron chi connectivity index (χ0n) is 17.6. The zero-order chi connectivity index (χ0) is 23.5. The summed E-state index contributed by atoms with van der Waals surface area (Å²) in [5.41, 5.74) is 1.77. The van der Waals surface area contributed by atoms with Crippen molar-refractivity contribution in [3.8, 4) is 22.8 Å². The summed E-state index contributed by atoms with van der Waals surface area (Å²) in [5.74, 6) is 0.992. The van der Waals surface area contributed by atoms with Crippen molar-refractivity contribution in [2.24, 2.45) is 0 Å². The first-order valence-electron chi connectivity index (χ1n) is 10.0. The van der Waals surface area contributed by atoms with Gasteiger partial charge in [-0.2, -0.15) is 0 Å². The van der Waals surface area contributed by atoms with Crippen LogP contribution in [-0.4, -0.2) is 28.4 Å². The largest absolute Gasteiger partial charge is 0.436 e. The summed E-state index contributed by atoms with van der Waals surface area (Å²) >= 11 is 0. The summed E-state index contributed by atoms with van der Waals surface area (Å²) in [7, 11) is -7.49. The average Bonchev–Trinajstić information content (AvgIpc) is 3.30. The Morgan fingerprint density at radius 2 is 1.36 bits per heavy atom. The van der Waals surface area contributed by atoms with E-state index in [4.69, 9.17) is 4.42 Å². The van der Waals surface area contributed by atoms with Gasteiger partial charge in [0, 0.05) is 23.4 Å². The number of aromatic nitrogens is 1. The fourth-order valence-electron chi connectivity index (χ4n) is 3.11. The molecular weight excluding hydrogens is 462 g/mol. The van der Waals surface area contributed by atoms with Crippen LogP contribution in [0.15, 0.2) is 99.3 Å². The molecule has 0 unspecified atom stereocenters. The highest BCUT2D eigenvalue weighted by Crippen LogP contribution is 2.27. The van der Waals surface area contributed by atoms with E-state index in [1.54, 1.807) is 25.3 Å². The van der Waals surface area contributed by atoms with Crippen LogP contribution in [0, 0.1) is 0 Å². The van der Waals surface area contributed by atoms with Crippen LogP contribution in [0.3, 0.4) is 0 Å². The lowest BCUT2D eigenvalue weighted by molar-refractivity contribution is 0.584. The van der Waals surface area contributed by atoms with E-state index in [1.165, 1.54) is 36.4 Å². The molecule has 0 bridgehead atoms. The molecule has 10 heteroatoms. The van der Waals surface area contributed by atoms with Crippen molar-refractivity contribution >= 4 is 25.7 Å². The van der Waals surface area contributed by atoms with E-state index in [0.29, 0.717) is 17.2 Å². The summed E-state index contributed by atoms with van der Waals surface area (Å²) < 4.78 is 60.2. The van der Waals surface area contributed by atoms with Crippen molar-refractivity contribution in [2.75, 3.05) is 11.3 Å². The molecule has 170 valence electrons.